The predicted molar refractivity (Wildman–Crippen MR) is 82.5 cm³/mol. The first-order valence-corrected chi connectivity index (χ1v) is 8.89. The van der Waals surface area contributed by atoms with Gasteiger partial charge in [0.1, 0.15) is 6.10 Å². The van der Waals surface area contributed by atoms with Crippen molar-refractivity contribution in [1.82, 2.24) is 0 Å². The Balaban J connectivity index is 1.65. The molecular formula is C18H32O2. The number of hydrogen-bond donors (Lipinski definition) is 0. The van der Waals surface area contributed by atoms with E-state index < -0.39 is 0 Å². The first-order chi connectivity index (χ1) is 9.69. The average molecular weight is 280 g/mol. The van der Waals surface area contributed by atoms with E-state index in [4.69, 9.17) is 4.74 Å². The van der Waals surface area contributed by atoms with Crippen molar-refractivity contribution in [1.29, 1.82) is 0 Å². The topological polar surface area (TPSA) is 26.3 Å². The summed E-state index contributed by atoms with van der Waals surface area (Å²) in [6.07, 6.45) is 13.7. The van der Waals surface area contributed by atoms with Gasteiger partial charge in [-0.25, -0.2) is 0 Å². The highest BCUT2D eigenvalue weighted by molar-refractivity contribution is 5.73. The summed E-state index contributed by atoms with van der Waals surface area (Å²) in [5.74, 6) is 2.09. The third-order valence-corrected chi connectivity index (χ3v) is 5.39. The summed E-state index contributed by atoms with van der Waals surface area (Å²) in [6, 6.07) is 0. The van der Waals surface area contributed by atoms with Crippen molar-refractivity contribution in [2.45, 2.75) is 90.6 Å². The molecule has 0 aromatic carbocycles. The fourth-order valence-electron chi connectivity index (χ4n) is 3.78. The van der Waals surface area contributed by atoms with Gasteiger partial charge >= 0.3 is 5.97 Å². The zero-order chi connectivity index (χ0) is 14.4. The Bertz CT molecular complexity index is 292. The molecule has 1 saturated heterocycles. The Labute approximate surface area is 124 Å². The molecule has 0 spiro atoms. The Morgan fingerprint density at radius 3 is 2.40 bits per heavy atom. The van der Waals surface area contributed by atoms with E-state index in [0.29, 0.717) is 0 Å². The summed E-state index contributed by atoms with van der Waals surface area (Å²) in [7, 11) is 0. The van der Waals surface area contributed by atoms with E-state index in [9.17, 15) is 4.79 Å². The number of ether oxygens (including phenoxy) is 1. The van der Waals surface area contributed by atoms with E-state index in [1.54, 1.807) is 0 Å². The zero-order valence-corrected chi connectivity index (χ0v) is 13.4. The molecule has 116 valence electrons. The molecule has 2 fully saturated rings. The van der Waals surface area contributed by atoms with Gasteiger partial charge in [-0.3, -0.25) is 4.79 Å². The van der Waals surface area contributed by atoms with Crippen LogP contribution in [-0.4, -0.2) is 12.1 Å². The molecule has 0 aromatic heterocycles. The van der Waals surface area contributed by atoms with E-state index in [0.717, 1.165) is 37.5 Å². The summed E-state index contributed by atoms with van der Waals surface area (Å²) in [5.41, 5.74) is 0. The Hall–Kier alpha value is -0.530. The van der Waals surface area contributed by atoms with Crippen molar-refractivity contribution in [2.24, 2.45) is 17.8 Å². The van der Waals surface area contributed by atoms with Crippen LogP contribution in [0.2, 0.25) is 0 Å². The van der Waals surface area contributed by atoms with Crippen LogP contribution in [0.25, 0.3) is 0 Å². The molecule has 20 heavy (non-hydrogen) atoms. The number of carbonyl (C=O) groups excluding carboxylic acids is 1. The van der Waals surface area contributed by atoms with Crippen molar-refractivity contribution in [2.75, 3.05) is 0 Å². The lowest BCUT2D eigenvalue weighted by atomic mass is 9.79. The average Bonchev–Trinajstić information content (AvgIpc) is 2.46. The van der Waals surface area contributed by atoms with Crippen LogP contribution in [0.1, 0.15) is 84.5 Å². The van der Waals surface area contributed by atoms with Gasteiger partial charge in [0, 0.05) is 0 Å². The van der Waals surface area contributed by atoms with Gasteiger partial charge in [0.05, 0.1) is 5.92 Å². The van der Waals surface area contributed by atoms with Crippen molar-refractivity contribution >= 4 is 5.97 Å². The predicted octanol–water partition coefficient (Wildman–Crippen LogP) is 5.10. The monoisotopic (exact) mass is 280 g/mol. The molecule has 1 heterocycles. The van der Waals surface area contributed by atoms with Gasteiger partial charge in [0.2, 0.25) is 0 Å². The number of rotatable bonds is 6. The van der Waals surface area contributed by atoms with Gasteiger partial charge in [0.15, 0.2) is 0 Å². The molecular weight excluding hydrogens is 248 g/mol. The van der Waals surface area contributed by atoms with E-state index in [2.05, 4.69) is 13.8 Å². The number of hydrogen-bond acceptors (Lipinski definition) is 2. The lowest BCUT2D eigenvalue weighted by Gasteiger charge is -2.30. The minimum atomic E-state index is 0.0986. The third-order valence-electron chi connectivity index (χ3n) is 5.39. The van der Waals surface area contributed by atoms with E-state index >= 15 is 0 Å². The van der Waals surface area contributed by atoms with Crippen molar-refractivity contribution in [3.8, 4) is 0 Å². The normalized spacial score (nSPS) is 34.8. The lowest BCUT2D eigenvalue weighted by Crippen LogP contribution is -2.31. The van der Waals surface area contributed by atoms with Crippen molar-refractivity contribution < 1.29 is 9.53 Å². The summed E-state index contributed by atoms with van der Waals surface area (Å²) in [6.45, 7) is 4.56. The molecule has 2 nitrogen and oxygen atoms in total. The van der Waals surface area contributed by atoms with Crippen molar-refractivity contribution in [3.05, 3.63) is 0 Å². The van der Waals surface area contributed by atoms with Gasteiger partial charge in [-0.2, -0.15) is 0 Å². The molecule has 2 atom stereocenters. The van der Waals surface area contributed by atoms with Crippen LogP contribution in [0, 0.1) is 17.8 Å². The molecule has 1 aliphatic carbocycles. The first-order valence-electron chi connectivity index (χ1n) is 8.89. The van der Waals surface area contributed by atoms with Crippen LogP contribution in [0.4, 0.5) is 0 Å². The molecule has 1 aliphatic heterocycles. The second-order valence-corrected chi connectivity index (χ2v) is 7.18. The molecule has 1 saturated carbocycles. The molecule has 2 heteroatoms. The maximum absolute atomic E-state index is 12.1. The van der Waals surface area contributed by atoms with Gasteiger partial charge in [-0.15, -0.1) is 0 Å². The minimum Gasteiger partial charge on any atom is -0.462 e. The SMILES string of the molecule is CCCCC1CCC(CCC2CCC(C)CC2)C(=O)O1. The van der Waals surface area contributed by atoms with Crippen LogP contribution >= 0.6 is 0 Å². The summed E-state index contributed by atoms with van der Waals surface area (Å²) < 4.78 is 5.62. The van der Waals surface area contributed by atoms with Gasteiger partial charge in [0.25, 0.3) is 0 Å². The number of unbranched alkanes of at least 4 members (excludes halogenated alkanes) is 1. The van der Waals surface area contributed by atoms with E-state index in [1.165, 1.54) is 44.9 Å². The largest absolute Gasteiger partial charge is 0.462 e. The highest BCUT2D eigenvalue weighted by Crippen LogP contribution is 2.34. The number of carbonyl (C=O) groups is 1. The molecule has 2 unspecified atom stereocenters. The van der Waals surface area contributed by atoms with Gasteiger partial charge in [-0.1, -0.05) is 52.4 Å². The van der Waals surface area contributed by atoms with Crippen LogP contribution in [0.5, 0.6) is 0 Å². The smallest absolute Gasteiger partial charge is 0.309 e. The molecule has 0 N–H and O–H groups in total. The van der Waals surface area contributed by atoms with Crippen LogP contribution in [0.15, 0.2) is 0 Å². The molecule has 2 rings (SSSR count). The summed E-state index contributed by atoms with van der Waals surface area (Å²) >= 11 is 0. The second-order valence-electron chi connectivity index (χ2n) is 7.18. The molecule has 0 radical (unpaired) electrons. The lowest BCUT2D eigenvalue weighted by molar-refractivity contribution is -0.161. The Kier molecular flexibility index (Phi) is 6.38. The van der Waals surface area contributed by atoms with Crippen LogP contribution < -0.4 is 0 Å². The van der Waals surface area contributed by atoms with Crippen molar-refractivity contribution in [3.63, 3.8) is 0 Å². The first kappa shape index (κ1) is 15.9. The minimum absolute atomic E-state index is 0.0986. The Morgan fingerprint density at radius 2 is 1.75 bits per heavy atom. The van der Waals surface area contributed by atoms with E-state index in [-0.39, 0.29) is 18.0 Å². The molecule has 2 aliphatic rings. The molecule has 0 amide bonds. The number of cyclic esters (lactones) is 1. The highest BCUT2D eigenvalue weighted by Gasteiger charge is 2.30. The maximum atomic E-state index is 12.1. The van der Waals surface area contributed by atoms with E-state index in [1.807, 2.05) is 0 Å². The van der Waals surface area contributed by atoms with Crippen LogP contribution in [-0.2, 0) is 9.53 Å². The van der Waals surface area contributed by atoms with Gasteiger partial charge in [-0.05, 0) is 43.9 Å². The Morgan fingerprint density at radius 1 is 1.00 bits per heavy atom. The van der Waals surface area contributed by atoms with Gasteiger partial charge < -0.3 is 4.74 Å². The zero-order valence-electron chi connectivity index (χ0n) is 13.4. The third kappa shape index (κ3) is 4.79. The fourth-order valence-corrected chi connectivity index (χ4v) is 3.78. The summed E-state index contributed by atoms with van der Waals surface area (Å²) in [4.78, 5) is 12.1. The summed E-state index contributed by atoms with van der Waals surface area (Å²) in [5, 5.41) is 0. The molecule has 0 aromatic rings. The quantitative estimate of drug-likeness (QED) is 0.632. The standard InChI is InChI=1S/C18H32O2/c1-3-4-5-17-13-12-16(18(19)20-17)11-10-15-8-6-14(2)7-9-15/h14-17H,3-13H2,1-2H3. The van der Waals surface area contributed by atoms with Crippen LogP contribution in [0.3, 0.4) is 0 Å². The highest BCUT2D eigenvalue weighted by atomic mass is 16.5. The maximum Gasteiger partial charge on any atom is 0.309 e. The fraction of sp³-hybridized carbons (Fsp3) is 0.944. The number of esters is 1. The second kappa shape index (κ2) is 8.05. The molecule has 0 bridgehead atoms.